The molecule has 0 amide bonds. The Morgan fingerprint density at radius 1 is 0.792 bits per heavy atom. The smallest absolute Gasteiger partial charge is 0.175 e. The fraction of sp³-hybridized carbons (Fsp3) is 0.0526. The summed E-state index contributed by atoms with van der Waals surface area (Å²) in [4.78, 5) is 2.24. The summed E-state index contributed by atoms with van der Waals surface area (Å²) in [6.45, 7) is 0. The molecule has 0 spiro atoms. The molecule has 0 saturated carbocycles. The van der Waals surface area contributed by atoms with Gasteiger partial charge >= 0.3 is 0 Å². The molecule has 0 unspecified atom stereocenters. The van der Waals surface area contributed by atoms with Gasteiger partial charge in [-0.2, -0.15) is 0 Å². The summed E-state index contributed by atoms with van der Waals surface area (Å²) >= 11 is 1.53. The molecule has 24 heavy (non-hydrogen) atoms. The largest absolute Gasteiger partial charge is 0.456 e. The summed E-state index contributed by atoms with van der Waals surface area (Å²) in [6.07, 6.45) is 1.21. The molecule has 0 aliphatic rings. The Morgan fingerprint density at radius 2 is 1.42 bits per heavy atom. The fourth-order valence-electron chi connectivity index (χ4n) is 2.12. The zero-order valence-corrected chi connectivity index (χ0v) is 14.7. The van der Waals surface area contributed by atoms with E-state index in [-0.39, 0.29) is 0 Å². The molecular formula is C19H16O3S2. The lowest BCUT2D eigenvalue weighted by Crippen LogP contribution is -1.95. The van der Waals surface area contributed by atoms with Crippen molar-refractivity contribution in [3.05, 3.63) is 78.9 Å². The van der Waals surface area contributed by atoms with Gasteiger partial charge in [0.05, 0.1) is 9.79 Å². The number of sulfone groups is 1. The second-order valence-electron chi connectivity index (χ2n) is 5.21. The molecule has 3 rings (SSSR count). The molecule has 3 nitrogen and oxygen atoms in total. The standard InChI is InChI=1S/C19H16O3S2/c1-24(20,21)17-13-11-16(12-14-17)23-19-10-6-5-9-18(19)22-15-7-3-2-4-8-15/h2-14H,1H3. The molecule has 0 radical (unpaired) electrons. The first kappa shape index (κ1) is 16.6. The van der Waals surface area contributed by atoms with Crippen molar-refractivity contribution >= 4 is 21.6 Å². The van der Waals surface area contributed by atoms with E-state index in [2.05, 4.69) is 0 Å². The van der Waals surface area contributed by atoms with Crippen molar-refractivity contribution < 1.29 is 13.2 Å². The molecule has 5 heteroatoms. The zero-order chi connectivity index (χ0) is 17.0. The van der Waals surface area contributed by atoms with Crippen LogP contribution in [0.25, 0.3) is 0 Å². The summed E-state index contributed by atoms with van der Waals surface area (Å²) in [6, 6.07) is 24.2. The molecule has 0 fully saturated rings. The third-order valence-electron chi connectivity index (χ3n) is 3.30. The van der Waals surface area contributed by atoms with E-state index in [4.69, 9.17) is 4.74 Å². The number of rotatable bonds is 5. The minimum absolute atomic E-state index is 0.320. The number of benzene rings is 3. The van der Waals surface area contributed by atoms with Gasteiger partial charge in [-0.1, -0.05) is 42.1 Å². The maximum absolute atomic E-state index is 11.5. The van der Waals surface area contributed by atoms with Crippen LogP contribution >= 0.6 is 11.8 Å². The number of para-hydroxylation sites is 2. The molecule has 0 aliphatic carbocycles. The monoisotopic (exact) mass is 356 g/mol. The van der Waals surface area contributed by atoms with Crippen molar-refractivity contribution in [3.63, 3.8) is 0 Å². The Balaban J connectivity index is 1.83. The van der Waals surface area contributed by atoms with Gasteiger partial charge in [0.15, 0.2) is 9.84 Å². The van der Waals surface area contributed by atoms with Crippen LogP contribution in [-0.4, -0.2) is 14.7 Å². The van der Waals surface area contributed by atoms with Crippen LogP contribution in [0.15, 0.2) is 93.5 Å². The van der Waals surface area contributed by atoms with Gasteiger partial charge in [0, 0.05) is 11.2 Å². The predicted octanol–water partition coefficient (Wildman–Crippen LogP) is 5.03. The Kier molecular flexibility index (Phi) is 4.92. The van der Waals surface area contributed by atoms with Crippen molar-refractivity contribution in [1.29, 1.82) is 0 Å². The molecule has 0 aromatic heterocycles. The SMILES string of the molecule is CS(=O)(=O)c1ccc(Sc2ccccc2Oc2ccccc2)cc1. The molecule has 0 heterocycles. The van der Waals surface area contributed by atoms with Gasteiger partial charge in [-0.15, -0.1) is 0 Å². The summed E-state index contributed by atoms with van der Waals surface area (Å²) in [5.74, 6) is 1.54. The van der Waals surface area contributed by atoms with E-state index in [0.717, 1.165) is 21.3 Å². The van der Waals surface area contributed by atoms with Gasteiger partial charge in [0.2, 0.25) is 0 Å². The van der Waals surface area contributed by atoms with Crippen LogP contribution in [0.1, 0.15) is 0 Å². The van der Waals surface area contributed by atoms with Gasteiger partial charge in [-0.05, 0) is 48.5 Å². The molecular weight excluding hydrogens is 340 g/mol. The van der Waals surface area contributed by atoms with Gasteiger partial charge in [-0.3, -0.25) is 0 Å². The van der Waals surface area contributed by atoms with Crippen molar-refractivity contribution in [2.45, 2.75) is 14.7 Å². The number of hydrogen-bond donors (Lipinski definition) is 0. The summed E-state index contributed by atoms with van der Waals surface area (Å²) < 4.78 is 29.0. The highest BCUT2D eigenvalue weighted by atomic mass is 32.2. The number of hydrogen-bond acceptors (Lipinski definition) is 4. The summed E-state index contributed by atoms with van der Waals surface area (Å²) in [7, 11) is -3.18. The third kappa shape index (κ3) is 4.19. The minimum Gasteiger partial charge on any atom is -0.456 e. The second kappa shape index (κ2) is 7.11. The lowest BCUT2D eigenvalue weighted by Gasteiger charge is -2.11. The molecule has 3 aromatic carbocycles. The van der Waals surface area contributed by atoms with Crippen LogP contribution in [0, 0.1) is 0 Å². The molecule has 0 N–H and O–H groups in total. The molecule has 0 atom stereocenters. The second-order valence-corrected chi connectivity index (χ2v) is 8.34. The Hall–Kier alpha value is -2.24. The van der Waals surface area contributed by atoms with Gasteiger partial charge < -0.3 is 4.74 Å². The average Bonchev–Trinajstić information content (AvgIpc) is 2.57. The van der Waals surface area contributed by atoms with Crippen molar-refractivity contribution in [2.24, 2.45) is 0 Å². The van der Waals surface area contributed by atoms with Crippen LogP contribution in [0.2, 0.25) is 0 Å². The first-order chi connectivity index (χ1) is 11.5. The topological polar surface area (TPSA) is 43.4 Å². The van der Waals surface area contributed by atoms with Crippen molar-refractivity contribution in [1.82, 2.24) is 0 Å². The van der Waals surface area contributed by atoms with Gasteiger partial charge in [0.1, 0.15) is 11.5 Å². The first-order valence-corrected chi connectivity index (χ1v) is 10.0. The lowest BCUT2D eigenvalue weighted by atomic mass is 10.3. The van der Waals surface area contributed by atoms with E-state index < -0.39 is 9.84 Å². The lowest BCUT2D eigenvalue weighted by molar-refractivity contribution is 0.471. The van der Waals surface area contributed by atoms with E-state index in [1.165, 1.54) is 18.0 Å². The Bertz CT molecular complexity index is 918. The van der Waals surface area contributed by atoms with E-state index in [9.17, 15) is 8.42 Å². The van der Waals surface area contributed by atoms with Crippen LogP contribution in [0.5, 0.6) is 11.5 Å². The van der Waals surface area contributed by atoms with Crippen LogP contribution in [-0.2, 0) is 9.84 Å². The van der Waals surface area contributed by atoms with Gasteiger partial charge in [-0.25, -0.2) is 8.42 Å². The van der Waals surface area contributed by atoms with E-state index >= 15 is 0 Å². The molecule has 122 valence electrons. The highest BCUT2D eigenvalue weighted by molar-refractivity contribution is 7.99. The molecule has 3 aromatic rings. The third-order valence-corrected chi connectivity index (χ3v) is 5.49. The molecule has 0 aliphatic heterocycles. The molecule has 0 bridgehead atoms. The average molecular weight is 356 g/mol. The maximum Gasteiger partial charge on any atom is 0.175 e. The van der Waals surface area contributed by atoms with E-state index in [1.807, 2.05) is 54.6 Å². The van der Waals surface area contributed by atoms with Crippen LogP contribution < -0.4 is 4.74 Å². The van der Waals surface area contributed by atoms with E-state index in [1.54, 1.807) is 24.3 Å². The van der Waals surface area contributed by atoms with Gasteiger partial charge in [0.25, 0.3) is 0 Å². The Labute approximate surface area is 146 Å². The van der Waals surface area contributed by atoms with Crippen molar-refractivity contribution in [2.75, 3.05) is 6.26 Å². The maximum atomic E-state index is 11.5. The highest BCUT2D eigenvalue weighted by Crippen LogP contribution is 2.37. The molecule has 0 saturated heterocycles. The summed E-state index contributed by atoms with van der Waals surface area (Å²) in [5, 5.41) is 0. The summed E-state index contributed by atoms with van der Waals surface area (Å²) in [5.41, 5.74) is 0. The number of ether oxygens (including phenoxy) is 1. The van der Waals surface area contributed by atoms with Crippen LogP contribution in [0.3, 0.4) is 0 Å². The highest BCUT2D eigenvalue weighted by Gasteiger charge is 2.09. The first-order valence-electron chi connectivity index (χ1n) is 7.32. The van der Waals surface area contributed by atoms with E-state index in [0.29, 0.717) is 4.90 Å². The van der Waals surface area contributed by atoms with Crippen molar-refractivity contribution in [3.8, 4) is 11.5 Å². The quantitative estimate of drug-likeness (QED) is 0.643. The predicted molar refractivity (Wildman–Crippen MR) is 96.6 cm³/mol. The normalized spacial score (nSPS) is 11.2. The minimum atomic E-state index is -3.18. The van der Waals surface area contributed by atoms with Crippen LogP contribution in [0.4, 0.5) is 0 Å². The fourth-order valence-corrected chi connectivity index (χ4v) is 3.63. The zero-order valence-electron chi connectivity index (χ0n) is 13.0. The Morgan fingerprint density at radius 3 is 2.08 bits per heavy atom.